The first-order valence-electron chi connectivity index (χ1n) is 12.3. The molecular formula is C26H31FN6O4. The number of nitrogens with two attached hydrogens (primary N) is 1. The number of piperazine rings is 1. The topological polar surface area (TPSA) is 115 Å². The fourth-order valence-electron chi connectivity index (χ4n) is 4.95. The SMILES string of the molecule is COc1cc2c(N)nc(N3CCN(C(=O)CC4CNCCO4)CC3c3ccccc3)nc2c(F)c1OC. The van der Waals surface area contributed by atoms with Crippen molar-refractivity contribution >= 4 is 28.6 Å². The summed E-state index contributed by atoms with van der Waals surface area (Å²) < 4.78 is 31.6. The summed E-state index contributed by atoms with van der Waals surface area (Å²) in [4.78, 5) is 26.1. The quantitative estimate of drug-likeness (QED) is 0.515. The van der Waals surface area contributed by atoms with Crippen LogP contribution < -0.4 is 25.4 Å². The number of amides is 1. The van der Waals surface area contributed by atoms with Gasteiger partial charge >= 0.3 is 0 Å². The van der Waals surface area contributed by atoms with Crippen molar-refractivity contribution in [3.63, 3.8) is 0 Å². The third-order valence-corrected chi connectivity index (χ3v) is 6.87. The number of hydrogen-bond acceptors (Lipinski definition) is 9. The average Bonchev–Trinajstić information content (AvgIpc) is 2.94. The average molecular weight is 511 g/mol. The summed E-state index contributed by atoms with van der Waals surface area (Å²) in [6, 6.07) is 11.2. The highest BCUT2D eigenvalue weighted by molar-refractivity contribution is 5.92. The molecule has 2 saturated heterocycles. The first-order valence-corrected chi connectivity index (χ1v) is 12.3. The molecule has 37 heavy (non-hydrogen) atoms. The van der Waals surface area contributed by atoms with E-state index in [1.54, 1.807) is 6.07 Å². The number of methoxy groups -OCH3 is 2. The van der Waals surface area contributed by atoms with E-state index in [0.717, 1.165) is 12.1 Å². The van der Waals surface area contributed by atoms with Crippen LogP contribution in [-0.2, 0) is 9.53 Å². The molecule has 5 rings (SSSR count). The van der Waals surface area contributed by atoms with Crippen LogP contribution in [0.2, 0.25) is 0 Å². The summed E-state index contributed by atoms with van der Waals surface area (Å²) in [5.41, 5.74) is 7.33. The van der Waals surface area contributed by atoms with E-state index in [1.165, 1.54) is 14.2 Å². The summed E-state index contributed by atoms with van der Waals surface area (Å²) in [7, 11) is 2.80. The zero-order valence-electron chi connectivity index (χ0n) is 20.9. The number of carbonyl (C=O) groups is 1. The number of ether oxygens (including phenoxy) is 3. The molecule has 0 saturated carbocycles. The Hall–Kier alpha value is -3.70. The van der Waals surface area contributed by atoms with Crippen LogP contribution in [0.4, 0.5) is 16.2 Å². The molecule has 1 aromatic heterocycles. The van der Waals surface area contributed by atoms with Crippen LogP contribution in [0.5, 0.6) is 11.5 Å². The summed E-state index contributed by atoms with van der Waals surface area (Å²) in [6.45, 7) is 3.42. The molecule has 3 heterocycles. The zero-order chi connectivity index (χ0) is 25.9. The van der Waals surface area contributed by atoms with E-state index in [0.29, 0.717) is 44.6 Å². The number of nitrogen functional groups attached to an aromatic ring is 1. The van der Waals surface area contributed by atoms with E-state index >= 15 is 4.39 Å². The minimum atomic E-state index is -0.668. The number of halogens is 1. The maximum Gasteiger partial charge on any atom is 0.228 e. The fraction of sp³-hybridized carbons (Fsp3) is 0.423. The largest absolute Gasteiger partial charge is 0.493 e. The highest BCUT2D eigenvalue weighted by atomic mass is 19.1. The molecule has 2 fully saturated rings. The number of anilines is 2. The Labute approximate surface area is 214 Å². The van der Waals surface area contributed by atoms with Gasteiger partial charge in [0.25, 0.3) is 0 Å². The number of benzene rings is 2. The van der Waals surface area contributed by atoms with Crippen LogP contribution in [0.1, 0.15) is 18.0 Å². The molecule has 3 N–H and O–H groups in total. The van der Waals surface area contributed by atoms with Crippen molar-refractivity contribution in [2.75, 3.05) is 64.2 Å². The van der Waals surface area contributed by atoms with Gasteiger partial charge in [-0.25, -0.2) is 9.37 Å². The van der Waals surface area contributed by atoms with Crippen molar-refractivity contribution in [3.8, 4) is 11.5 Å². The Morgan fingerprint density at radius 1 is 1.22 bits per heavy atom. The zero-order valence-corrected chi connectivity index (χ0v) is 20.9. The third kappa shape index (κ3) is 4.96. The molecule has 1 amide bonds. The van der Waals surface area contributed by atoms with Gasteiger partial charge in [0.2, 0.25) is 11.9 Å². The maximum atomic E-state index is 15.4. The highest BCUT2D eigenvalue weighted by Gasteiger charge is 2.34. The van der Waals surface area contributed by atoms with E-state index in [-0.39, 0.29) is 46.8 Å². The van der Waals surface area contributed by atoms with Gasteiger partial charge in [0.05, 0.1) is 39.4 Å². The van der Waals surface area contributed by atoms with E-state index in [1.807, 2.05) is 40.1 Å². The van der Waals surface area contributed by atoms with Gasteiger partial charge in [0.15, 0.2) is 17.3 Å². The Morgan fingerprint density at radius 3 is 2.73 bits per heavy atom. The Balaban J connectivity index is 1.48. The van der Waals surface area contributed by atoms with Crippen molar-refractivity contribution < 1.29 is 23.4 Å². The van der Waals surface area contributed by atoms with Gasteiger partial charge in [0.1, 0.15) is 11.3 Å². The molecule has 3 aromatic rings. The van der Waals surface area contributed by atoms with Crippen LogP contribution in [0.25, 0.3) is 10.9 Å². The fourth-order valence-corrected chi connectivity index (χ4v) is 4.95. The van der Waals surface area contributed by atoms with Crippen LogP contribution >= 0.6 is 0 Å². The highest BCUT2D eigenvalue weighted by Crippen LogP contribution is 2.38. The normalized spacial score (nSPS) is 20.2. The van der Waals surface area contributed by atoms with Gasteiger partial charge in [-0.15, -0.1) is 0 Å². The predicted molar refractivity (Wildman–Crippen MR) is 137 cm³/mol. The minimum absolute atomic E-state index is 0.0381. The molecule has 2 aliphatic heterocycles. The Morgan fingerprint density at radius 2 is 2.03 bits per heavy atom. The van der Waals surface area contributed by atoms with Gasteiger partial charge in [-0.2, -0.15) is 4.98 Å². The third-order valence-electron chi connectivity index (χ3n) is 6.87. The van der Waals surface area contributed by atoms with Crippen molar-refractivity contribution in [1.82, 2.24) is 20.2 Å². The minimum Gasteiger partial charge on any atom is -0.493 e. The molecule has 10 nitrogen and oxygen atoms in total. The predicted octanol–water partition coefficient (Wildman–Crippen LogP) is 2.14. The number of nitrogens with zero attached hydrogens (tertiary/aromatic N) is 4. The van der Waals surface area contributed by atoms with Gasteiger partial charge < -0.3 is 35.1 Å². The number of carbonyl (C=O) groups excluding carboxylic acids is 1. The standard InChI is InChI=1S/C26H31FN6O4/c1-35-20-13-18-23(22(27)24(20)36-2)30-26(31-25(18)28)33-10-9-32(15-19(33)16-6-4-3-5-7-16)21(34)12-17-14-29-8-11-37-17/h3-7,13,17,19,29H,8-12,14-15H2,1-2H3,(H2,28,30,31). The number of rotatable bonds is 6. The second kappa shape index (κ2) is 10.7. The van der Waals surface area contributed by atoms with Crippen molar-refractivity contribution in [3.05, 3.63) is 47.8 Å². The summed E-state index contributed by atoms with van der Waals surface area (Å²) >= 11 is 0. The van der Waals surface area contributed by atoms with Crippen molar-refractivity contribution in [2.45, 2.75) is 18.6 Å². The van der Waals surface area contributed by atoms with E-state index in [4.69, 9.17) is 19.9 Å². The molecule has 11 heteroatoms. The van der Waals surface area contributed by atoms with Gasteiger partial charge in [-0.05, 0) is 11.6 Å². The second-order valence-corrected chi connectivity index (χ2v) is 9.09. The Bertz CT molecular complexity index is 1270. The van der Waals surface area contributed by atoms with Crippen LogP contribution in [0.3, 0.4) is 0 Å². The smallest absolute Gasteiger partial charge is 0.228 e. The lowest BCUT2D eigenvalue weighted by molar-refractivity contribution is -0.135. The summed E-state index contributed by atoms with van der Waals surface area (Å²) in [5, 5.41) is 3.60. The lowest BCUT2D eigenvalue weighted by atomic mass is 10.0. The molecule has 0 radical (unpaired) electrons. The maximum absolute atomic E-state index is 15.4. The Kier molecular flexibility index (Phi) is 7.24. The van der Waals surface area contributed by atoms with E-state index < -0.39 is 5.82 Å². The first-order chi connectivity index (χ1) is 18.0. The first kappa shape index (κ1) is 25.0. The van der Waals surface area contributed by atoms with Crippen molar-refractivity contribution in [2.24, 2.45) is 0 Å². The molecule has 2 atom stereocenters. The molecule has 2 aromatic carbocycles. The lowest BCUT2D eigenvalue weighted by Gasteiger charge is -2.42. The lowest BCUT2D eigenvalue weighted by Crippen LogP contribution is -2.52. The molecule has 0 bridgehead atoms. The van der Waals surface area contributed by atoms with Crippen LogP contribution in [-0.4, -0.2) is 80.4 Å². The summed E-state index contributed by atoms with van der Waals surface area (Å²) in [5.74, 6) is -0.0473. The van der Waals surface area contributed by atoms with Crippen LogP contribution in [0.15, 0.2) is 36.4 Å². The van der Waals surface area contributed by atoms with E-state index in [2.05, 4.69) is 15.3 Å². The summed E-state index contributed by atoms with van der Waals surface area (Å²) in [6.07, 6.45) is 0.189. The molecular weight excluding hydrogens is 479 g/mol. The van der Waals surface area contributed by atoms with Gasteiger partial charge in [0, 0.05) is 38.1 Å². The van der Waals surface area contributed by atoms with Crippen LogP contribution in [0, 0.1) is 5.82 Å². The molecule has 2 aliphatic rings. The number of hydrogen-bond donors (Lipinski definition) is 2. The van der Waals surface area contributed by atoms with Crippen molar-refractivity contribution in [1.29, 1.82) is 0 Å². The molecule has 2 unspecified atom stereocenters. The van der Waals surface area contributed by atoms with Gasteiger partial charge in [-0.1, -0.05) is 30.3 Å². The van der Waals surface area contributed by atoms with Gasteiger partial charge in [-0.3, -0.25) is 4.79 Å². The van der Waals surface area contributed by atoms with E-state index in [9.17, 15) is 4.79 Å². The second-order valence-electron chi connectivity index (χ2n) is 9.09. The monoisotopic (exact) mass is 510 g/mol. The number of nitrogens with one attached hydrogen (secondary N) is 1. The molecule has 0 spiro atoms. The molecule has 0 aliphatic carbocycles. The molecule has 196 valence electrons. The number of aromatic nitrogens is 2. The number of fused-ring (bicyclic) bond motifs is 1. The number of morpholine rings is 1.